The van der Waals surface area contributed by atoms with Crippen LogP contribution in [0.3, 0.4) is 0 Å². The van der Waals surface area contributed by atoms with E-state index in [-0.39, 0.29) is 33.8 Å². The molecule has 4 rings (SSSR count). The summed E-state index contributed by atoms with van der Waals surface area (Å²) in [6, 6.07) is 9.42. The molecule has 0 aliphatic carbocycles. The fourth-order valence-electron chi connectivity index (χ4n) is 3.41. The van der Waals surface area contributed by atoms with E-state index in [0.717, 1.165) is 12.1 Å². The van der Waals surface area contributed by atoms with Gasteiger partial charge in [0.15, 0.2) is 11.5 Å². The number of hydrogen-bond donors (Lipinski definition) is 6. The fraction of sp³-hybridized carbons (Fsp3) is 0.238. The Labute approximate surface area is 178 Å². The van der Waals surface area contributed by atoms with Crippen molar-refractivity contribution in [1.29, 1.82) is 0 Å². The van der Waals surface area contributed by atoms with Crippen LogP contribution in [-0.2, 0) is 9.53 Å². The molecule has 168 valence electrons. The summed E-state index contributed by atoms with van der Waals surface area (Å²) < 4.78 is 16.1. The zero-order valence-corrected chi connectivity index (χ0v) is 16.2. The topological polar surface area (TPSA) is 187 Å². The summed E-state index contributed by atoms with van der Waals surface area (Å²) in [5, 5.41) is 59.0. The second kappa shape index (κ2) is 8.13. The second-order valence-corrected chi connectivity index (χ2v) is 7.16. The number of aliphatic hydroxyl groups is 3. The van der Waals surface area contributed by atoms with Gasteiger partial charge in [0.05, 0.1) is 5.56 Å². The Morgan fingerprint density at radius 1 is 0.938 bits per heavy atom. The Morgan fingerprint density at radius 3 is 2.34 bits per heavy atom. The van der Waals surface area contributed by atoms with Crippen LogP contribution >= 0.6 is 0 Å². The molecule has 1 aromatic heterocycles. The van der Waals surface area contributed by atoms with Gasteiger partial charge in [-0.25, -0.2) is 4.79 Å². The predicted molar refractivity (Wildman–Crippen MR) is 106 cm³/mol. The van der Waals surface area contributed by atoms with E-state index < -0.39 is 47.9 Å². The fourth-order valence-corrected chi connectivity index (χ4v) is 3.41. The zero-order valence-electron chi connectivity index (χ0n) is 16.2. The van der Waals surface area contributed by atoms with E-state index in [0.29, 0.717) is 0 Å². The van der Waals surface area contributed by atoms with Crippen LogP contribution in [0.25, 0.3) is 22.3 Å². The van der Waals surface area contributed by atoms with E-state index in [1.165, 1.54) is 18.2 Å². The number of rotatable bonds is 4. The van der Waals surface area contributed by atoms with Gasteiger partial charge in [-0.05, 0) is 12.1 Å². The van der Waals surface area contributed by atoms with Gasteiger partial charge in [0.2, 0.25) is 6.29 Å². The SMILES string of the molecule is O=C(O)C1O[C@@H](Oc2cc(O)c3c(=O)cc(-c4ccccc4O)oc3c2)C(O)[C@@H](O)[C@@H]1O. The van der Waals surface area contributed by atoms with Crippen LogP contribution in [0.4, 0.5) is 0 Å². The number of aliphatic hydroxyl groups excluding tert-OH is 3. The summed E-state index contributed by atoms with van der Waals surface area (Å²) in [5.74, 6) is -2.44. The van der Waals surface area contributed by atoms with Gasteiger partial charge >= 0.3 is 5.97 Å². The lowest BCUT2D eigenvalue weighted by Gasteiger charge is -2.38. The highest BCUT2D eigenvalue weighted by molar-refractivity contribution is 5.86. The molecule has 2 heterocycles. The molecule has 1 aliphatic rings. The molecule has 2 unspecified atom stereocenters. The maximum atomic E-state index is 12.5. The zero-order chi connectivity index (χ0) is 23.2. The number of aromatic hydroxyl groups is 2. The molecule has 2 aromatic carbocycles. The molecule has 1 saturated heterocycles. The van der Waals surface area contributed by atoms with Crippen molar-refractivity contribution in [2.75, 3.05) is 0 Å². The highest BCUT2D eigenvalue weighted by Gasteiger charge is 2.48. The van der Waals surface area contributed by atoms with Crippen LogP contribution in [0.15, 0.2) is 51.7 Å². The van der Waals surface area contributed by atoms with Crippen molar-refractivity contribution in [2.24, 2.45) is 0 Å². The molecule has 3 aromatic rings. The van der Waals surface area contributed by atoms with Crippen LogP contribution in [0.1, 0.15) is 0 Å². The van der Waals surface area contributed by atoms with E-state index in [1.54, 1.807) is 12.1 Å². The van der Waals surface area contributed by atoms with Gasteiger partial charge < -0.3 is 44.5 Å². The van der Waals surface area contributed by atoms with Crippen molar-refractivity contribution in [3.05, 3.63) is 52.7 Å². The third-order valence-corrected chi connectivity index (χ3v) is 5.02. The molecule has 5 atom stereocenters. The summed E-state index contributed by atoms with van der Waals surface area (Å²) in [7, 11) is 0. The first kappa shape index (κ1) is 21.6. The smallest absolute Gasteiger partial charge is 0.335 e. The number of benzene rings is 2. The number of fused-ring (bicyclic) bond motifs is 1. The molecular weight excluding hydrogens is 428 g/mol. The quantitative estimate of drug-likeness (QED) is 0.320. The second-order valence-electron chi connectivity index (χ2n) is 7.16. The normalized spacial score (nSPS) is 25.5. The van der Waals surface area contributed by atoms with Gasteiger partial charge in [0, 0.05) is 18.2 Å². The molecule has 1 fully saturated rings. The Morgan fingerprint density at radius 2 is 1.66 bits per heavy atom. The van der Waals surface area contributed by atoms with Crippen molar-refractivity contribution < 1.29 is 49.3 Å². The number of para-hydroxylation sites is 1. The number of ether oxygens (including phenoxy) is 2. The first-order valence-corrected chi connectivity index (χ1v) is 9.35. The summed E-state index contributed by atoms with van der Waals surface area (Å²) in [4.78, 5) is 23.8. The predicted octanol–water partition coefficient (Wildman–Crippen LogP) is 0.142. The van der Waals surface area contributed by atoms with E-state index in [4.69, 9.17) is 19.0 Å². The van der Waals surface area contributed by atoms with Gasteiger partial charge in [-0.1, -0.05) is 12.1 Å². The number of hydrogen-bond acceptors (Lipinski definition) is 10. The molecule has 0 spiro atoms. The number of phenolic OH excluding ortho intramolecular Hbond substituents is 2. The van der Waals surface area contributed by atoms with Crippen LogP contribution in [-0.4, -0.2) is 67.3 Å². The minimum absolute atomic E-state index is 0.00980. The third-order valence-electron chi connectivity index (χ3n) is 5.02. The maximum Gasteiger partial charge on any atom is 0.335 e. The number of carbonyl (C=O) groups is 1. The molecule has 0 radical (unpaired) electrons. The number of carboxylic acids is 1. The Bertz CT molecular complexity index is 1230. The first-order valence-electron chi connectivity index (χ1n) is 9.35. The lowest BCUT2D eigenvalue weighted by molar-refractivity contribution is -0.271. The highest BCUT2D eigenvalue weighted by Crippen LogP contribution is 2.35. The third kappa shape index (κ3) is 3.74. The van der Waals surface area contributed by atoms with Crippen LogP contribution in [0, 0.1) is 0 Å². The van der Waals surface area contributed by atoms with E-state index in [9.17, 15) is 35.1 Å². The van der Waals surface area contributed by atoms with Gasteiger partial charge in [0.1, 0.15) is 52.3 Å². The van der Waals surface area contributed by atoms with Gasteiger partial charge in [0.25, 0.3) is 0 Å². The van der Waals surface area contributed by atoms with Crippen LogP contribution in [0.2, 0.25) is 0 Å². The van der Waals surface area contributed by atoms with Gasteiger partial charge in [-0.3, -0.25) is 4.79 Å². The highest BCUT2D eigenvalue weighted by atomic mass is 16.7. The molecule has 0 saturated carbocycles. The van der Waals surface area contributed by atoms with Crippen molar-refractivity contribution in [2.45, 2.75) is 30.7 Å². The Balaban J connectivity index is 1.73. The summed E-state index contributed by atoms with van der Waals surface area (Å²) in [5.41, 5.74) is -0.511. The standard InChI is InChI=1S/C21H18O11/c22-10-4-2-1-3-9(10)13-7-12(24)15-11(23)5-8(6-14(15)31-13)30-21-18(27)16(25)17(26)19(32-21)20(28)29/h1-7,16-19,21-23,25-27H,(H,28,29)/t16-,17-,18?,19?,21+/m0/s1. The number of carboxylic acid groups (broad SMARTS) is 1. The Kier molecular flexibility index (Phi) is 5.48. The molecular formula is C21H18O11. The molecule has 32 heavy (non-hydrogen) atoms. The minimum atomic E-state index is -1.90. The van der Waals surface area contributed by atoms with E-state index >= 15 is 0 Å². The lowest BCUT2D eigenvalue weighted by atomic mass is 9.99. The number of phenols is 2. The molecule has 1 aliphatic heterocycles. The monoisotopic (exact) mass is 446 g/mol. The van der Waals surface area contributed by atoms with Crippen LogP contribution < -0.4 is 10.2 Å². The van der Waals surface area contributed by atoms with Gasteiger partial charge in [-0.15, -0.1) is 0 Å². The molecule has 0 amide bonds. The molecule has 11 nitrogen and oxygen atoms in total. The van der Waals surface area contributed by atoms with Crippen molar-refractivity contribution in [3.63, 3.8) is 0 Å². The molecule has 0 bridgehead atoms. The Hall–Kier alpha value is -3.64. The van der Waals surface area contributed by atoms with Crippen molar-refractivity contribution in [1.82, 2.24) is 0 Å². The number of aliphatic carboxylic acids is 1. The van der Waals surface area contributed by atoms with Crippen molar-refractivity contribution in [3.8, 4) is 28.6 Å². The lowest BCUT2D eigenvalue weighted by Crippen LogP contribution is -2.61. The first-order chi connectivity index (χ1) is 15.2. The summed E-state index contributed by atoms with van der Waals surface area (Å²) >= 11 is 0. The molecule has 6 N–H and O–H groups in total. The van der Waals surface area contributed by atoms with E-state index in [2.05, 4.69) is 0 Å². The summed E-state index contributed by atoms with van der Waals surface area (Å²) in [6.45, 7) is 0. The van der Waals surface area contributed by atoms with Crippen molar-refractivity contribution >= 4 is 16.9 Å². The molecule has 11 heteroatoms. The average Bonchev–Trinajstić information content (AvgIpc) is 2.73. The average molecular weight is 446 g/mol. The van der Waals surface area contributed by atoms with E-state index in [1.807, 2.05) is 0 Å². The summed E-state index contributed by atoms with van der Waals surface area (Å²) in [6.07, 6.45) is -9.20. The van der Waals surface area contributed by atoms with Gasteiger partial charge in [-0.2, -0.15) is 0 Å². The van der Waals surface area contributed by atoms with Crippen LogP contribution in [0.5, 0.6) is 17.2 Å². The minimum Gasteiger partial charge on any atom is -0.507 e. The largest absolute Gasteiger partial charge is 0.507 e. The maximum absolute atomic E-state index is 12.5.